The van der Waals surface area contributed by atoms with Crippen molar-refractivity contribution >= 4 is 0 Å². The summed E-state index contributed by atoms with van der Waals surface area (Å²) < 4.78 is 5.08. The maximum atomic E-state index is 9.35. The van der Waals surface area contributed by atoms with Crippen molar-refractivity contribution in [3.63, 3.8) is 0 Å². The molecule has 2 N–H and O–H groups in total. The van der Waals surface area contributed by atoms with Crippen LogP contribution in [0, 0.1) is 0 Å². The molecule has 0 aromatic carbocycles. The Labute approximate surface area is 104 Å². The van der Waals surface area contributed by atoms with Crippen molar-refractivity contribution < 1.29 is 9.84 Å². The summed E-state index contributed by atoms with van der Waals surface area (Å²) in [5.74, 6) is 0. The lowest BCUT2D eigenvalue weighted by atomic mass is 9.97. The third kappa shape index (κ3) is 3.19. The highest BCUT2D eigenvalue weighted by atomic mass is 16.5. The molecular weight excluding hydrogens is 216 g/mol. The smallest absolute Gasteiger partial charge is 0.0585 e. The number of ether oxygens (including phenoxy) is 1. The summed E-state index contributed by atoms with van der Waals surface area (Å²) in [4.78, 5) is 2.54. The van der Waals surface area contributed by atoms with Crippen LogP contribution < -0.4 is 5.32 Å². The van der Waals surface area contributed by atoms with E-state index in [1.165, 1.54) is 25.7 Å². The van der Waals surface area contributed by atoms with Crippen LogP contribution in [-0.2, 0) is 4.74 Å². The second-order valence-corrected chi connectivity index (χ2v) is 5.55. The van der Waals surface area contributed by atoms with Crippen LogP contribution >= 0.6 is 0 Å². The van der Waals surface area contributed by atoms with E-state index in [1.807, 2.05) is 0 Å². The van der Waals surface area contributed by atoms with Crippen LogP contribution in [0.4, 0.5) is 0 Å². The lowest BCUT2D eigenvalue weighted by Crippen LogP contribution is -2.50. The average Bonchev–Trinajstić information content (AvgIpc) is 2.56. The Morgan fingerprint density at radius 3 is 2.53 bits per heavy atom. The zero-order valence-corrected chi connectivity index (χ0v) is 11.1. The maximum Gasteiger partial charge on any atom is 0.0585 e. The van der Waals surface area contributed by atoms with Gasteiger partial charge in [-0.1, -0.05) is 0 Å². The van der Waals surface area contributed by atoms with Gasteiger partial charge in [-0.05, 0) is 39.2 Å². The fourth-order valence-electron chi connectivity index (χ4n) is 3.37. The fourth-order valence-corrected chi connectivity index (χ4v) is 3.37. The standard InChI is InChI=1S/C13H26N2O2/c1-15-12-3-4-13(15)8-11(7-12)14-10(9-16)5-6-17-2/h10-14,16H,3-9H2,1-2H3. The second-order valence-electron chi connectivity index (χ2n) is 5.55. The predicted molar refractivity (Wildman–Crippen MR) is 68.1 cm³/mol. The van der Waals surface area contributed by atoms with Crippen molar-refractivity contribution in [2.45, 2.75) is 56.3 Å². The Morgan fingerprint density at radius 1 is 1.35 bits per heavy atom. The molecule has 0 aromatic heterocycles. The first-order valence-corrected chi connectivity index (χ1v) is 6.82. The van der Waals surface area contributed by atoms with E-state index in [-0.39, 0.29) is 12.6 Å². The second kappa shape index (κ2) is 6.14. The lowest BCUT2D eigenvalue weighted by Gasteiger charge is -2.38. The van der Waals surface area contributed by atoms with Crippen LogP contribution in [-0.4, -0.2) is 61.5 Å². The minimum absolute atomic E-state index is 0.197. The van der Waals surface area contributed by atoms with Crippen molar-refractivity contribution in [1.82, 2.24) is 10.2 Å². The molecule has 0 radical (unpaired) electrons. The lowest BCUT2D eigenvalue weighted by molar-refractivity contribution is 0.118. The molecule has 2 aliphatic rings. The van der Waals surface area contributed by atoms with Gasteiger partial charge >= 0.3 is 0 Å². The molecule has 17 heavy (non-hydrogen) atoms. The number of nitrogens with zero attached hydrogens (tertiary/aromatic N) is 1. The van der Waals surface area contributed by atoms with Crippen LogP contribution in [0.25, 0.3) is 0 Å². The highest BCUT2D eigenvalue weighted by Crippen LogP contribution is 2.34. The van der Waals surface area contributed by atoms with Crippen molar-refractivity contribution in [3.05, 3.63) is 0 Å². The Kier molecular flexibility index (Phi) is 4.79. The van der Waals surface area contributed by atoms with Gasteiger partial charge in [0, 0.05) is 37.9 Å². The van der Waals surface area contributed by atoms with Crippen LogP contribution in [0.1, 0.15) is 32.1 Å². The zero-order valence-electron chi connectivity index (χ0n) is 11.1. The molecule has 100 valence electrons. The van der Waals surface area contributed by atoms with Crippen LogP contribution in [0.3, 0.4) is 0 Å². The number of nitrogens with one attached hydrogen (secondary N) is 1. The van der Waals surface area contributed by atoms with Crippen molar-refractivity contribution in [2.75, 3.05) is 27.4 Å². The van der Waals surface area contributed by atoms with Gasteiger partial charge < -0.3 is 20.1 Å². The summed E-state index contributed by atoms with van der Waals surface area (Å²) in [6.07, 6.45) is 6.06. The summed E-state index contributed by atoms with van der Waals surface area (Å²) in [6, 6.07) is 2.29. The first-order chi connectivity index (χ1) is 8.24. The normalized spacial score (nSPS) is 35.1. The van der Waals surface area contributed by atoms with Crippen LogP contribution in [0.5, 0.6) is 0 Å². The van der Waals surface area contributed by atoms with E-state index in [9.17, 15) is 5.11 Å². The SMILES string of the molecule is COCCC(CO)NC1CC2CCC(C1)N2C. The summed E-state index contributed by atoms with van der Waals surface area (Å²) in [5, 5.41) is 13.0. The summed E-state index contributed by atoms with van der Waals surface area (Å²) in [5.41, 5.74) is 0. The largest absolute Gasteiger partial charge is 0.395 e. The molecule has 0 spiro atoms. The van der Waals surface area contributed by atoms with Crippen molar-refractivity contribution in [2.24, 2.45) is 0 Å². The molecule has 0 amide bonds. The molecule has 0 aromatic rings. The van der Waals surface area contributed by atoms with Crippen molar-refractivity contribution in [1.29, 1.82) is 0 Å². The number of aliphatic hydroxyl groups is 1. The molecule has 2 saturated heterocycles. The molecule has 2 fully saturated rings. The number of aliphatic hydroxyl groups excluding tert-OH is 1. The molecular formula is C13H26N2O2. The monoisotopic (exact) mass is 242 g/mol. The third-order valence-corrected chi connectivity index (χ3v) is 4.46. The summed E-state index contributed by atoms with van der Waals surface area (Å²) >= 11 is 0. The van der Waals surface area contributed by atoms with Gasteiger partial charge in [-0.2, -0.15) is 0 Å². The van der Waals surface area contributed by atoms with E-state index < -0.39 is 0 Å². The predicted octanol–water partition coefficient (Wildman–Crippen LogP) is 0.599. The quantitative estimate of drug-likeness (QED) is 0.716. The third-order valence-electron chi connectivity index (χ3n) is 4.46. The van der Waals surface area contributed by atoms with Gasteiger partial charge in [0.05, 0.1) is 6.61 Å². The molecule has 4 nitrogen and oxygen atoms in total. The van der Waals surface area contributed by atoms with Gasteiger partial charge in [0.15, 0.2) is 0 Å². The Hall–Kier alpha value is -0.160. The number of piperidine rings is 1. The van der Waals surface area contributed by atoms with E-state index in [0.717, 1.165) is 25.1 Å². The molecule has 2 rings (SSSR count). The van der Waals surface area contributed by atoms with Gasteiger partial charge in [-0.25, -0.2) is 0 Å². The number of rotatable bonds is 6. The van der Waals surface area contributed by atoms with Gasteiger partial charge in [-0.15, -0.1) is 0 Å². The number of hydrogen-bond acceptors (Lipinski definition) is 4. The Morgan fingerprint density at radius 2 is 2.00 bits per heavy atom. The van der Waals surface area contributed by atoms with Crippen LogP contribution in [0.15, 0.2) is 0 Å². The first kappa shape index (κ1) is 13.3. The number of hydrogen-bond donors (Lipinski definition) is 2. The number of fused-ring (bicyclic) bond motifs is 2. The molecule has 2 bridgehead atoms. The Bertz CT molecular complexity index is 223. The van der Waals surface area contributed by atoms with Gasteiger partial charge in [-0.3, -0.25) is 0 Å². The Balaban J connectivity index is 1.79. The molecule has 0 aliphatic carbocycles. The van der Waals surface area contributed by atoms with Crippen LogP contribution in [0.2, 0.25) is 0 Å². The van der Waals surface area contributed by atoms with E-state index in [2.05, 4.69) is 17.3 Å². The molecule has 4 heteroatoms. The molecule has 0 saturated carbocycles. The maximum absolute atomic E-state index is 9.35. The van der Waals surface area contributed by atoms with Crippen molar-refractivity contribution in [3.8, 4) is 0 Å². The van der Waals surface area contributed by atoms with E-state index in [4.69, 9.17) is 4.74 Å². The van der Waals surface area contributed by atoms with E-state index in [1.54, 1.807) is 7.11 Å². The van der Waals surface area contributed by atoms with E-state index >= 15 is 0 Å². The zero-order chi connectivity index (χ0) is 12.3. The fraction of sp³-hybridized carbons (Fsp3) is 1.00. The molecule has 2 aliphatic heterocycles. The summed E-state index contributed by atoms with van der Waals surface area (Å²) in [7, 11) is 3.97. The van der Waals surface area contributed by atoms with Gasteiger partial charge in [0.2, 0.25) is 0 Å². The molecule has 2 heterocycles. The highest BCUT2D eigenvalue weighted by Gasteiger charge is 2.38. The number of methoxy groups -OCH3 is 1. The topological polar surface area (TPSA) is 44.7 Å². The molecule has 3 unspecified atom stereocenters. The first-order valence-electron chi connectivity index (χ1n) is 6.82. The average molecular weight is 242 g/mol. The van der Waals surface area contributed by atoms with Gasteiger partial charge in [0.1, 0.15) is 0 Å². The minimum atomic E-state index is 0.197. The minimum Gasteiger partial charge on any atom is -0.395 e. The highest BCUT2D eigenvalue weighted by molar-refractivity contribution is 4.96. The summed E-state index contributed by atoms with van der Waals surface area (Å²) in [6.45, 7) is 0.933. The van der Waals surface area contributed by atoms with Gasteiger partial charge in [0.25, 0.3) is 0 Å². The van der Waals surface area contributed by atoms with E-state index in [0.29, 0.717) is 6.04 Å². The molecule has 3 atom stereocenters.